The second-order valence-corrected chi connectivity index (χ2v) is 3.64. The Bertz CT molecular complexity index is 535. The van der Waals surface area contributed by atoms with Crippen LogP contribution in [0.1, 0.15) is 5.56 Å². The molecule has 0 unspecified atom stereocenters. The van der Waals surface area contributed by atoms with Gasteiger partial charge in [-0.3, -0.25) is 0 Å². The largest absolute Gasteiger partial charge is 0.481 e. The van der Waals surface area contributed by atoms with Gasteiger partial charge in [0, 0.05) is 11.6 Å². The molecule has 18 heavy (non-hydrogen) atoms. The average Bonchev–Trinajstić information content (AvgIpc) is 2.38. The van der Waals surface area contributed by atoms with Crippen LogP contribution in [0.4, 0.5) is 13.2 Å². The van der Waals surface area contributed by atoms with E-state index >= 15 is 0 Å². The first-order valence-electron chi connectivity index (χ1n) is 5.19. The van der Waals surface area contributed by atoms with E-state index in [0.29, 0.717) is 17.1 Å². The van der Waals surface area contributed by atoms with Gasteiger partial charge < -0.3 is 4.74 Å². The summed E-state index contributed by atoms with van der Waals surface area (Å²) in [5.41, 5.74) is 0.513. The smallest absolute Gasteiger partial charge is 0.416 e. The van der Waals surface area contributed by atoms with Gasteiger partial charge in [-0.2, -0.15) is 13.2 Å². The van der Waals surface area contributed by atoms with Gasteiger partial charge in [-0.15, -0.1) is 0 Å². The topological polar surface area (TPSA) is 22.1 Å². The van der Waals surface area contributed by atoms with Gasteiger partial charge in [-0.25, -0.2) is 4.98 Å². The van der Waals surface area contributed by atoms with E-state index in [-0.39, 0.29) is 0 Å². The molecule has 94 valence electrons. The number of benzene rings is 1. The molecule has 0 spiro atoms. The van der Waals surface area contributed by atoms with Crippen molar-refractivity contribution in [1.82, 2.24) is 4.98 Å². The van der Waals surface area contributed by atoms with Gasteiger partial charge in [-0.1, -0.05) is 18.2 Å². The molecule has 0 aliphatic heterocycles. The first kappa shape index (κ1) is 12.4. The lowest BCUT2D eigenvalue weighted by atomic mass is 10.1. The molecular weight excluding hydrogens is 243 g/mol. The van der Waals surface area contributed by atoms with Crippen molar-refractivity contribution < 1.29 is 17.9 Å². The Morgan fingerprint density at radius 2 is 1.67 bits per heavy atom. The highest BCUT2D eigenvalue weighted by Gasteiger charge is 2.29. The number of ether oxygens (including phenoxy) is 1. The summed E-state index contributed by atoms with van der Waals surface area (Å²) in [5, 5.41) is 0. The third-order valence-corrected chi connectivity index (χ3v) is 2.44. The lowest BCUT2D eigenvalue weighted by Crippen LogP contribution is -2.04. The predicted molar refractivity (Wildman–Crippen MR) is 61.2 cm³/mol. The van der Waals surface area contributed by atoms with Gasteiger partial charge in [0.1, 0.15) is 0 Å². The normalized spacial score (nSPS) is 11.3. The van der Waals surface area contributed by atoms with Crippen LogP contribution in [0.25, 0.3) is 11.3 Å². The number of rotatable bonds is 2. The average molecular weight is 253 g/mol. The molecule has 1 aromatic carbocycles. The fourth-order valence-electron chi connectivity index (χ4n) is 1.52. The van der Waals surface area contributed by atoms with Gasteiger partial charge in [0.25, 0.3) is 0 Å². The van der Waals surface area contributed by atoms with Gasteiger partial charge in [0.15, 0.2) is 0 Å². The van der Waals surface area contributed by atoms with E-state index in [1.807, 2.05) is 0 Å². The van der Waals surface area contributed by atoms with Crippen LogP contribution in [-0.4, -0.2) is 12.1 Å². The van der Waals surface area contributed by atoms with Gasteiger partial charge in [-0.05, 0) is 18.2 Å². The van der Waals surface area contributed by atoms with Crippen LogP contribution >= 0.6 is 0 Å². The Morgan fingerprint density at radius 1 is 1.00 bits per heavy atom. The van der Waals surface area contributed by atoms with Crippen LogP contribution in [-0.2, 0) is 6.18 Å². The third-order valence-electron chi connectivity index (χ3n) is 2.44. The number of hydrogen-bond donors (Lipinski definition) is 0. The van der Waals surface area contributed by atoms with E-state index in [4.69, 9.17) is 4.74 Å². The number of pyridine rings is 1. The van der Waals surface area contributed by atoms with Crippen molar-refractivity contribution in [2.24, 2.45) is 0 Å². The summed E-state index contributed by atoms with van der Waals surface area (Å²) < 4.78 is 42.2. The Kier molecular flexibility index (Phi) is 3.23. The van der Waals surface area contributed by atoms with E-state index in [9.17, 15) is 13.2 Å². The summed E-state index contributed by atoms with van der Waals surface area (Å²) in [6, 6.07) is 9.99. The molecule has 2 rings (SSSR count). The highest BCUT2D eigenvalue weighted by atomic mass is 19.4. The van der Waals surface area contributed by atoms with Crippen LogP contribution < -0.4 is 4.74 Å². The highest BCUT2D eigenvalue weighted by Crippen LogP contribution is 2.30. The maximum absolute atomic E-state index is 12.4. The minimum atomic E-state index is -4.32. The van der Waals surface area contributed by atoms with Crippen molar-refractivity contribution in [3.63, 3.8) is 0 Å². The lowest BCUT2D eigenvalue weighted by molar-refractivity contribution is -0.137. The van der Waals surface area contributed by atoms with E-state index in [2.05, 4.69) is 4.98 Å². The summed E-state index contributed by atoms with van der Waals surface area (Å²) in [4.78, 5) is 4.15. The zero-order valence-corrected chi connectivity index (χ0v) is 9.53. The van der Waals surface area contributed by atoms with Gasteiger partial charge in [0.2, 0.25) is 5.88 Å². The number of aromatic nitrogens is 1. The summed E-state index contributed by atoms with van der Waals surface area (Å²) in [5.74, 6) is 0.424. The number of alkyl halides is 3. The SMILES string of the molecule is COc1cccc(-c2ccc(C(F)(F)F)cc2)n1. The molecule has 0 radical (unpaired) electrons. The molecule has 0 bridgehead atoms. The molecule has 0 atom stereocenters. The summed E-state index contributed by atoms with van der Waals surface area (Å²) >= 11 is 0. The predicted octanol–water partition coefficient (Wildman–Crippen LogP) is 3.78. The van der Waals surface area contributed by atoms with Crippen LogP contribution in [0.3, 0.4) is 0 Å². The minimum Gasteiger partial charge on any atom is -0.481 e. The van der Waals surface area contributed by atoms with Crippen molar-refractivity contribution in [3.05, 3.63) is 48.0 Å². The molecule has 1 heterocycles. The van der Waals surface area contributed by atoms with Crippen LogP contribution in [0, 0.1) is 0 Å². The maximum Gasteiger partial charge on any atom is 0.416 e. The summed E-state index contributed by atoms with van der Waals surface area (Å²) in [7, 11) is 1.48. The molecule has 1 aromatic heterocycles. The van der Waals surface area contributed by atoms with E-state index in [1.165, 1.54) is 19.2 Å². The Hall–Kier alpha value is -2.04. The van der Waals surface area contributed by atoms with Crippen molar-refractivity contribution in [1.29, 1.82) is 0 Å². The molecule has 0 saturated carbocycles. The molecule has 5 heteroatoms. The van der Waals surface area contributed by atoms with Crippen LogP contribution in [0.2, 0.25) is 0 Å². The Labute approximate surface area is 102 Å². The molecule has 0 saturated heterocycles. The molecule has 2 aromatic rings. The molecule has 0 aliphatic carbocycles. The van der Waals surface area contributed by atoms with Crippen molar-refractivity contribution >= 4 is 0 Å². The van der Waals surface area contributed by atoms with Crippen molar-refractivity contribution in [2.75, 3.05) is 7.11 Å². The zero-order valence-electron chi connectivity index (χ0n) is 9.53. The van der Waals surface area contributed by atoms with E-state index < -0.39 is 11.7 Å². The standard InChI is InChI=1S/C13H10F3NO/c1-18-12-4-2-3-11(17-12)9-5-7-10(8-6-9)13(14,15)16/h2-8H,1H3. The Morgan fingerprint density at radius 3 is 2.22 bits per heavy atom. The number of halogens is 3. The molecule has 2 nitrogen and oxygen atoms in total. The van der Waals surface area contributed by atoms with Crippen LogP contribution in [0.5, 0.6) is 5.88 Å². The first-order chi connectivity index (χ1) is 8.50. The quantitative estimate of drug-likeness (QED) is 0.812. The number of methoxy groups -OCH3 is 1. The van der Waals surface area contributed by atoms with Crippen LogP contribution in [0.15, 0.2) is 42.5 Å². The summed E-state index contributed by atoms with van der Waals surface area (Å²) in [6.07, 6.45) is -4.32. The number of hydrogen-bond acceptors (Lipinski definition) is 2. The second-order valence-electron chi connectivity index (χ2n) is 3.64. The molecule has 0 aliphatic rings. The summed E-state index contributed by atoms with van der Waals surface area (Å²) in [6.45, 7) is 0. The van der Waals surface area contributed by atoms with E-state index in [0.717, 1.165) is 12.1 Å². The highest BCUT2D eigenvalue weighted by molar-refractivity contribution is 5.60. The molecule has 0 N–H and O–H groups in total. The van der Waals surface area contributed by atoms with E-state index in [1.54, 1.807) is 18.2 Å². The monoisotopic (exact) mass is 253 g/mol. The lowest BCUT2D eigenvalue weighted by Gasteiger charge is -2.08. The minimum absolute atomic E-state index is 0.424. The number of nitrogens with zero attached hydrogens (tertiary/aromatic N) is 1. The van der Waals surface area contributed by atoms with Crippen molar-refractivity contribution in [3.8, 4) is 17.1 Å². The zero-order chi connectivity index (χ0) is 13.2. The third kappa shape index (κ3) is 2.61. The second kappa shape index (κ2) is 4.68. The fourth-order valence-corrected chi connectivity index (χ4v) is 1.52. The van der Waals surface area contributed by atoms with Gasteiger partial charge in [0.05, 0.1) is 18.4 Å². The molecule has 0 fully saturated rings. The van der Waals surface area contributed by atoms with Crippen molar-refractivity contribution in [2.45, 2.75) is 6.18 Å². The molecular formula is C13H10F3NO. The first-order valence-corrected chi connectivity index (χ1v) is 5.19. The maximum atomic E-state index is 12.4. The molecule has 0 amide bonds. The fraction of sp³-hybridized carbons (Fsp3) is 0.154. The Balaban J connectivity index is 2.34. The van der Waals surface area contributed by atoms with Gasteiger partial charge >= 0.3 is 6.18 Å².